The van der Waals surface area contributed by atoms with Crippen molar-refractivity contribution in [1.82, 2.24) is 29.8 Å². The van der Waals surface area contributed by atoms with E-state index in [-0.39, 0.29) is 5.92 Å². The van der Waals surface area contributed by atoms with Gasteiger partial charge in [-0.15, -0.1) is 0 Å². The lowest BCUT2D eigenvalue weighted by Gasteiger charge is -2.31. The number of aromatic nitrogens is 4. The Morgan fingerprint density at radius 3 is 2.74 bits per heavy atom. The molecule has 0 spiro atoms. The standard InChI is InChI=1S/C23H22BrN7O3/c1-34-23(33)29-22(32)30-8-6-13(7-9-30)19-18(24)20(25)31-21(28-19)16(12-27-31)15-10-14-4-2-3-5-17(14)26-11-15/h2-5,10-13H,6-9,25H2,1H3,(H,29,32,33). The first-order chi connectivity index (χ1) is 16.5. The number of pyridine rings is 1. The SMILES string of the molecule is COC(=O)NC(=O)N1CCC(c2nc3c(-c4cnc5ccccc5c4)cnn3c(N)c2Br)CC1. The minimum absolute atomic E-state index is 0.0846. The molecule has 3 N–H and O–H groups in total. The molecule has 174 valence electrons. The number of ether oxygens (including phenoxy) is 1. The lowest BCUT2D eigenvalue weighted by molar-refractivity contribution is 0.156. The number of nitrogens with one attached hydrogen (secondary N) is 1. The summed E-state index contributed by atoms with van der Waals surface area (Å²) < 4.78 is 6.82. The number of hydrogen-bond donors (Lipinski definition) is 2. The second kappa shape index (κ2) is 8.90. The van der Waals surface area contributed by atoms with E-state index in [1.807, 2.05) is 30.5 Å². The van der Waals surface area contributed by atoms with E-state index in [2.05, 4.69) is 42.1 Å². The summed E-state index contributed by atoms with van der Waals surface area (Å²) in [7, 11) is 1.22. The number of carbonyl (C=O) groups is 2. The van der Waals surface area contributed by atoms with Gasteiger partial charge in [-0.25, -0.2) is 19.9 Å². The largest absolute Gasteiger partial charge is 0.453 e. The number of amides is 3. The molecule has 1 fully saturated rings. The number of carbonyl (C=O) groups excluding carboxylic acids is 2. The number of rotatable bonds is 2. The van der Waals surface area contributed by atoms with Crippen LogP contribution in [0.25, 0.3) is 27.7 Å². The molecule has 0 atom stereocenters. The first-order valence-corrected chi connectivity index (χ1v) is 11.6. The van der Waals surface area contributed by atoms with Crippen molar-refractivity contribution in [3.63, 3.8) is 0 Å². The number of nitrogen functional groups attached to an aromatic ring is 1. The maximum atomic E-state index is 12.2. The van der Waals surface area contributed by atoms with Gasteiger partial charge < -0.3 is 15.4 Å². The van der Waals surface area contributed by atoms with Gasteiger partial charge in [-0.05, 0) is 40.9 Å². The van der Waals surface area contributed by atoms with E-state index in [0.29, 0.717) is 41.9 Å². The molecule has 0 bridgehead atoms. The van der Waals surface area contributed by atoms with Gasteiger partial charge in [0.2, 0.25) is 0 Å². The highest BCUT2D eigenvalue weighted by atomic mass is 79.9. The Labute approximate surface area is 203 Å². The molecule has 0 aliphatic carbocycles. The van der Waals surface area contributed by atoms with E-state index in [4.69, 9.17) is 10.7 Å². The van der Waals surface area contributed by atoms with Crippen LogP contribution >= 0.6 is 15.9 Å². The number of para-hydroxylation sites is 1. The van der Waals surface area contributed by atoms with Crippen LogP contribution in [0.1, 0.15) is 24.5 Å². The van der Waals surface area contributed by atoms with Gasteiger partial charge in [-0.2, -0.15) is 9.61 Å². The van der Waals surface area contributed by atoms with Gasteiger partial charge in [0.25, 0.3) is 0 Å². The summed E-state index contributed by atoms with van der Waals surface area (Å²) >= 11 is 3.61. The molecule has 0 radical (unpaired) electrons. The van der Waals surface area contributed by atoms with Gasteiger partial charge in [0.15, 0.2) is 5.65 Å². The quantitative estimate of drug-likeness (QED) is 0.407. The third kappa shape index (κ3) is 3.92. The third-order valence-corrected chi connectivity index (χ3v) is 6.93. The van der Waals surface area contributed by atoms with Crippen LogP contribution in [0.15, 0.2) is 47.2 Å². The number of methoxy groups -OCH3 is 1. The van der Waals surface area contributed by atoms with E-state index in [9.17, 15) is 9.59 Å². The molecule has 5 rings (SSSR count). The molecule has 1 aromatic carbocycles. The highest BCUT2D eigenvalue weighted by Gasteiger charge is 2.29. The average molecular weight is 524 g/mol. The first kappa shape index (κ1) is 22.1. The highest BCUT2D eigenvalue weighted by Crippen LogP contribution is 2.37. The molecule has 4 heterocycles. The summed E-state index contributed by atoms with van der Waals surface area (Å²) in [5, 5.41) is 7.69. The lowest BCUT2D eigenvalue weighted by Crippen LogP contribution is -2.46. The van der Waals surface area contributed by atoms with Gasteiger partial charge >= 0.3 is 12.1 Å². The minimum atomic E-state index is -0.772. The lowest BCUT2D eigenvalue weighted by atomic mass is 9.93. The second-order valence-electron chi connectivity index (χ2n) is 8.09. The number of benzene rings is 1. The van der Waals surface area contributed by atoms with Crippen LogP contribution in [0.4, 0.5) is 15.4 Å². The fraction of sp³-hybridized carbons (Fsp3) is 0.261. The molecular weight excluding hydrogens is 502 g/mol. The van der Waals surface area contributed by atoms with Crippen LogP contribution in [0.5, 0.6) is 0 Å². The van der Waals surface area contributed by atoms with Crippen molar-refractivity contribution < 1.29 is 14.3 Å². The summed E-state index contributed by atoms with van der Waals surface area (Å²) in [5.41, 5.74) is 10.6. The Morgan fingerprint density at radius 1 is 1.21 bits per heavy atom. The minimum Gasteiger partial charge on any atom is -0.453 e. The zero-order valence-electron chi connectivity index (χ0n) is 18.4. The smallest absolute Gasteiger partial charge is 0.415 e. The number of nitrogens with zero attached hydrogens (tertiary/aromatic N) is 5. The summed E-state index contributed by atoms with van der Waals surface area (Å²) in [5.74, 6) is 0.548. The number of anilines is 1. The second-order valence-corrected chi connectivity index (χ2v) is 8.88. The van der Waals surface area contributed by atoms with E-state index >= 15 is 0 Å². The normalized spacial score (nSPS) is 14.5. The summed E-state index contributed by atoms with van der Waals surface area (Å²) in [6.07, 6.45) is 4.15. The van der Waals surface area contributed by atoms with Crippen molar-refractivity contribution in [2.75, 3.05) is 25.9 Å². The number of alkyl carbamates (subject to hydrolysis) is 1. The third-order valence-electron chi connectivity index (χ3n) is 6.11. The van der Waals surface area contributed by atoms with Crippen molar-refractivity contribution in [2.45, 2.75) is 18.8 Å². The van der Waals surface area contributed by atoms with E-state index in [1.165, 1.54) is 7.11 Å². The van der Waals surface area contributed by atoms with Gasteiger partial charge in [-0.3, -0.25) is 4.98 Å². The summed E-state index contributed by atoms with van der Waals surface area (Å²) in [6.45, 7) is 0.959. The first-order valence-electron chi connectivity index (χ1n) is 10.8. The zero-order chi connectivity index (χ0) is 23.8. The Morgan fingerprint density at radius 2 is 1.97 bits per heavy atom. The predicted molar refractivity (Wildman–Crippen MR) is 130 cm³/mol. The number of likely N-dealkylation sites (tertiary alicyclic amines) is 1. The Balaban J connectivity index is 1.45. The summed E-state index contributed by atoms with van der Waals surface area (Å²) in [4.78, 5) is 34.7. The number of hydrogen-bond acceptors (Lipinski definition) is 7. The van der Waals surface area contributed by atoms with Gasteiger partial charge in [0, 0.05) is 41.7 Å². The molecule has 1 saturated heterocycles. The Hall–Kier alpha value is -3.73. The number of piperidine rings is 1. The number of imide groups is 1. The zero-order valence-corrected chi connectivity index (χ0v) is 19.9. The monoisotopic (exact) mass is 523 g/mol. The van der Waals surface area contributed by atoms with Crippen molar-refractivity contribution in [3.8, 4) is 11.1 Å². The van der Waals surface area contributed by atoms with Gasteiger partial charge in [-0.1, -0.05) is 18.2 Å². The van der Waals surface area contributed by atoms with E-state index in [0.717, 1.165) is 27.7 Å². The molecular formula is C23H22BrN7O3. The highest BCUT2D eigenvalue weighted by molar-refractivity contribution is 9.10. The van der Waals surface area contributed by atoms with E-state index in [1.54, 1.807) is 15.6 Å². The van der Waals surface area contributed by atoms with Crippen molar-refractivity contribution in [2.24, 2.45) is 0 Å². The molecule has 1 aliphatic rings. The van der Waals surface area contributed by atoms with Crippen molar-refractivity contribution >= 4 is 50.4 Å². The molecule has 0 saturated carbocycles. The number of urea groups is 1. The number of nitrogens with two attached hydrogens (primary N) is 1. The topological polar surface area (TPSA) is 128 Å². The molecule has 34 heavy (non-hydrogen) atoms. The Kier molecular flexibility index (Phi) is 5.78. The van der Waals surface area contributed by atoms with Crippen molar-refractivity contribution in [1.29, 1.82) is 0 Å². The molecule has 3 aromatic heterocycles. The molecule has 4 aromatic rings. The van der Waals surface area contributed by atoms with Crippen molar-refractivity contribution in [3.05, 3.63) is 52.9 Å². The average Bonchev–Trinajstić information content (AvgIpc) is 3.30. The molecule has 10 nitrogen and oxygen atoms in total. The Bertz CT molecular complexity index is 1410. The maximum Gasteiger partial charge on any atom is 0.415 e. The van der Waals surface area contributed by atoms with Crippen LogP contribution in [0.2, 0.25) is 0 Å². The molecule has 3 amide bonds. The maximum absolute atomic E-state index is 12.2. The van der Waals surface area contributed by atoms with Crippen LogP contribution in [-0.2, 0) is 4.74 Å². The molecule has 11 heteroatoms. The predicted octanol–water partition coefficient (Wildman–Crippen LogP) is 3.94. The number of halogens is 1. The molecule has 0 unspecified atom stereocenters. The summed E-state index contributed by atoms with van der Waals surface area (Å²) in [6, 6.07) is 9.53. The molecule has 1 aliphatic heterocycles. The van der Waals surface area contributed by atoms with Gasteiger partial charge in [0.1, 0.15) is 5.82 Å². The van der Waals surface area contributed by atoms with Crippen LogP contribution in [0, 0.1) is 0 Å². The van der Waals surface area contributed by atoms with Crippen LogP contribution in [-0.4, -0.2) is 56.8 Å². The van der Waals surface area contributed by atoms with E-state index < -0.39 is 12.1 Å². The van der Waals surface area contributed by atoms with Crippen LogP contribution in [0.3, 0.4) is 0 Å². The number of fused-ring (bicyclic) bond motifs is 2. The fourth-order valence-electron chi connectivity index (χ4n) is 4.28. The fourth-order valence-corrected chi connectivity index (χ4v) is 4.86. The van der Waals surface area contributed by atoms with Crippen LogP contribution < -0.4 is 11.1 Å². The van der Waals surface area contributed by atoms with Gasteiger partial charge in [0.05, 0.1) is 29.0 Å².